The van der Waals surface area contributed by atoms with E-state index in [1.165, 1.54) is 0 Å². The molecule has 1 atom stereocenters. The van der Waals surface area contributed by atoms with E-state index in [1.54, 1.807) is 34.6 Å². The summed E-state index contributed by atoms with van der Waals surface area (Å²) in [6, 6.07) is 0. The van der Waals surface area contributed by atoms with Crippen molar-refractivity contribution in [3.63, 3.8) is 0 Å². The second-order valence-corrected chi connectivity index (χ2v) is 5.99. The predicted molar refractivity (Wildman–Crippen MR) is 92.9 cm³/mol. The number of amides is 1. The summed E-state index contributed by atoms with van der Waals surface area (Å²) in [7, 11) is 0. The van der Waals surface area contributed by atoms with Gasteiger partial charge in [0.05, 0.1) is 26.2 Å². The highest BCUT2D eigenvalue weighted by Gasteiger charge is 2.40. The van der Waals surface area contributed by atoms with Crippen LogP contribution in [0.15, 0.2) is 0 Å². The molecule has 1 amide bonds. The third-order valence-electron chi connectivity index (χ3n) is 3.18. The monoisotopic (exact) mass is 391 g/mol. The minimum Gasteiger partial charge on any atom is -0.466 e. The Balaban J connectivity index is 4.96. The van der Waals surface area contributed by atoms with Crippen LogP contribution in [0.1, 0.15) is 41.0 Å². The van der Waals surface area contributed by atoms with Crippen molar-refractivity contribution >= 4 is 24.2 Å². The summed E-state index contributed by atoms with van der Waals surface area (Å²) in [6.07, 6.45) is -3.30. The van der Waals surface area contributed by atoms with Gasteiger partial charge in [0.2, 0.25) is 0 Å². The molecule has 0 aromatic heterocycles. The quantitative estimate of drug-likeness (QED) is 0.414. The van der Waals surface area contributed by atoms with Crippen molar-refractivity contribution in [2.75, 3.05) is 33.0 Å². The number of carbonyl (C=O) groups is 4. The van der Waals surface area contributed by atoms with Gasteiger partial charge in [-0.1, -0.05) is 13.8 Å². The summed E-state index contributed by atoms with van der Waals surface area (Å²) in [5, 5.41) is 2.49. The van der Waals surface area contributed by atoms with Crippen LogP contribution in [0.2, 0.25) is 0 Å². The Hall–Kier alpha value is -2.52. The summed E-state index contributed by atoms with van der Waals surface area (Å²) >= 11 is 0. The SMILES string of the molecule is CCOC(=O)CCNC(=O)[C@H](OC(=O)OCC)C(C)(C)COC(=O)OCC. The molecule has 1 N–H and O–H groups in total. The molecule has 0 radical (unpaired) electrons. The van der Waals surface area contributed by atoms with Crippen LogP contribution in [0.25, 0.3) is 0 Å². The summed E-state index contributed by atoms with van der Waals surface area (Å²) in [4.78, 5) is 46.9. The lowest BCUT2D eigenvalue weighted by atomic mass is 9.86. The first-order chi connectivity index (χ1) is 12.7. The van der Waals surface area contributed by atoms with Gasteiger partial charge in [0, 0.05) is 12.0 Å². The van der Waals surface area contributed by atoms with Crippen LogP contribution in [-0.2, 0) is 33.3 Å². The van der Waals surface area contributed by atoms with E-state index in [9.17, 15) is 19.2 Å². The molecule has 0 rings (SSSR count). The fourth-order valence-corrected chi connectivity index (χ4v) is 1.91. The highest BCUT2D eigenvalue weighted by Crippen LogP contribution is 2.25. The summed E-state index contributed by atoms with van der Waals surface area (Å²) in [6.45, 7) is 8.21. The molecule has 27 heavy (non-hydrogen) atoms. The second kappa shape index (κ2) is 12.8. The van der Waals surface area contributed by atoms with Crippen LogP contribution in [0.3, 0.4) is 0 Å². The van der Waals surface area contributed by atoms with Crippen molar-refractivity contribution in [3.05, 3.63) is 0 Å². The lowest BCUT2D eigenvalue weighted by molar-refractivity contribution is -0.144. The number of hydrogen-bond donors (Lipinski definition) is 1. The number of esters is 1. The maximum atomic E-state index is 12.5. The van der Waals surface area contributed by atoms with E-state index in [1.807, 2.05) is 0 Å². The van der Waals surface area contributed by atoms with Gasteiger partial charge in [-0.2, -0.15) is 0 Å². The van der Waals surface area contributed by atoms with Gasteiger partial charge in [-0.3, -0.25) is 9.59 Å². The number of nitrogens with one attached hydrogen (secondary N) is 1. The molecule has 0 aromatic carbocycles. The normalized spacial score (nSPS) is 11.7. The smallest absolute Gasteiger partial charge is 0.466 e. The average Bonchev–Trinajstić information content (AvgIpc) is 2.58. The van der Waals surface area contributed by atoms with E-state index < -0.39 is 35.7 Å². The first-order valence-corrected chi connectivity index (χ1v) is 8.74. The molecule has 0 saturated heterocycles. The van der Waals surface area contributed by atoms with Crippen LogP contribution >= 0.6 is 0 Å². The number of rotatable bonds is 11. The zero-order chi connectivity index (χ0) is 20.9. The van der Waals surface area contributed by atoms with Crippen LogP contribution < -0.4 is 5.32 Å². The van der Waals surface area contributed by atoms with Gasteiger partial charge in [0.15, 0.2) is 6.10 Å². The van der Waals surface area contributed by atoms with E-state index in [0.29, 0.717) is 0 Å². The van der Waals surface area contributed by atoms with E-state index in [2.05, 4.69) is 10.1 Å². The Kier molecular flexibility index (Phi) is 11.6. The standard InChI is InChI=1S/C17H29NO9/c1-6-23-12(19)9-10-18-14(20)13(27-16(22)25-8-3)17(4,5)11-26-15(21)24-7-2/h13H,6-11H2,1-5H3,(H,18,20)/t13-/m0/s1. The molecule has 10 nitrogen and oxygen atoms in total. The molecule has 0 aliphatic rings. The van der Waals surface area contributed by atoms with Gasteiger partial charge in [0.25, 0.3) is 5.91 Å². The van der Waals surface area contributed by atoms with Crippen molar-refractivity contribution < 1.29 is 42.9 Å². The fraction of sp³-hybridized carbons (Fsp3) is 0.765. The second-order valence-electron chi connectivity index (χ2n) is 5.99. The van der Waals surface area contributed by atoms with Crippen LogP contribution in [0, 0.1) is 5.41 Å². The van der Waals surface area contributed by atoms with Gasteiger partial charge in [-0.15, -0.1) is 0 Å². The maximum absolute atomic E-state index is 12.5. The van der Waals surface area contributed by atoms with Crippen LogP contribution in [-0.4, -0.2) is 63.3 Å². The summed E-state index contributed by atoms with van der Waals surface area (Å²) in [5.74, 6) is -1.13. The van der Waals surface area contributed by atoms with Crippen molar-refractivity contribution in [2.24, 2.45) is 5.41 Å². The topological polar surface area (TPSA) is 126 Å². The van der Waals surface area contributed by atoms with E-state index >= 15 is 0 Å². The van der Waals surface area contributed by atoms with E-state index in [0.717, 1.165) is 0 Å². The Morgan fingerprint density at radius 1 is 0.852 bits per heavy atom. The van der Waals surface area contributed by atoms with Gasteiger partial charge in [-0.05, 0) is 20.8 Å². The van der Waals surface area contributed by atoms with Gasteiger partial charge >= 0.3 is 18.3 Å². The van der Waals surface area contributed by atoms with Crippen LogP contribution in [0.4, 0.5) is 9.59 Å². The van der Waals surface area contributed by atoms with Gasteiger partial charge in [0.1, 0.15) is 6.61 Å². The Morgan fingerprint density at radius 2 is 1.41 bits per heavy atom. The molecule has 156 valence electrons. The largest absolute Gasteiger partial charge is 0.509 e. The van der Waals surface area contributed by atoms with Gasteiger partial charge < -0.3 is 29.0 Å². The third-order valence-corrected chi connectivity index (χ3v) is 3.18. The molecule has 0 unspecified atom stereocenters. The first-order valence-electron chi connectivity index (χ1n) is 8.74. The molecule has 0 aliphatic heterocycles. The number of hydrogen-bond acceptors (Lipinski definition) is 9. The van der Waals surface area contributed by atoms with Gasteiger partial charge in [-0.25, -0.2) is 9.59 Å². The Labute approximate surface area is 158 Å². The number of ether oxygens (including phenoxy) is 5. The van der Waals surface area contributed by atoms with Crippen molar-refractivity contribution in [1.29, 1.82) is 0 Å². The molecule has 0 aliphatic carbocycles. The lowest BCUT2D eigenvalue weighted by Crippen LogP contribution is -2.49. The predicted octanol–water partition coefficient (Wildman–Crippen LogP) is 1.80. The lowest BCUT2D eigenvalue weighted by Gasteiger charge is -2.31. The third kappa shape index (κ3) is 10.3. The molecule has 0 saturated carbocycles. The molecular weight excluding hydrogens is 362 g/mol. The Morgan fingerprint density at radius 3 is 1.96 bits per heavy atom. The van der Waals surface area contributed by atoms with Crippen molar-refractivity contribution in [3.8, 4) is 0 Å². The molecule has 0 fully saturated rings. The van der Waals surface area contributed by atoms with Crippen LogP contribution in [0.5, 0.6) is 0 Å². The molecule has 0 heterocycles. The minimum absolute atomic E-state index is 0.00480. The Bertz CT molecular complexity index is 505. The average molecular weight is 391 g/mol. The van der Waals surface area contributed by atoms with Crippen molar-refractivity contribution in [1.82, 2.24) is 5.32 Å². The molecule has 0 bridgehead atoms. The maximum Gasteiger partial charge on any atom is 0.509 e. The van der Waals surface area contributed by atoms with E-state index in [4.69, 9.17) is 18.9 Å². The molecule has 0 aromatic rings. The molecule has 10 heteroatoms. The first kappa shape index (κ1) is 24.5. The van der Waals surface area contributed by atoms with Crippen molar-refractivity contribution in [2.45, 2.75) is 47.1 Å². The zero-order valence-corrected chi connectivity index (χ0v) is 16.5. The number of carbonyl (C=O) groups excluding carboxylic acids is 4. The molecular formula is C17H29NO9. The summed E-state index contributed by atoms with van der Waals surface area (Å²) in [5.41, 5.74) is -1.09. The summed E-state index contributed by atoms with van der Waals surface area (Å²) < 4.78 is 24.2. The minimum atomic E-state index is -1.33. The fourth-order valence-electron chi connectivity index (χ4n) is 1.91. The molecule has 0 spiro atoms. The zero-order valence-electron chi connectivity index (χ0n) is 16.5. The van der Waals surface area contributed by atoms with E-state index in [-0.39, 0.29) is 39.4 Å². The highest BCUT2D eigenvalue weighted by atomic mass is 16.7. The highest BCUT2D eigenvalue weighted by molar-refractivity contribution is 5.84.